The Morgan fingerprint density at radius 2 is 1.67 bits per heavy atom. The van der Waals surface area contributed by atoms with Gasteiger partial charge in [-0.25, -0.2) is 14.6 Å². The first kappa shape index (κ1) is 18.6. The van der Waals surface area contributed by atoms with Crippen LogP contribution in [0.5, 0.6) is 5.75 Å². The van der Waals surface area contributed by atoms with Crippen LogP contribution >= 0.6 is 11.3 Å². The number of nitrogens with zero attached hydrogens (tertiary/aromatic N) is 1. The van der Waals surface area contributed by atoms with Crippen LogP contribution in [-0.2, 0) is 16.1 Å². The molecule has 6 nitrogen and oxygen atoms in total. The van der Waals surface area contributed by atoms with Crippen molar-refractivity contribution in [2.75, 3.05) is 14.2 Å². The van der Waals surface area contributed by atoms with E-state index in [0.717, 1.165) is 21.9 Å². The van der Waals surface area contributed by atoms with E-state index in [1.165, 1.54) is 18.4 Å². The molecular formula is C20H17NO5S. The van der Waals surface area contributed by atoms with Gasteiger partial charge in [0.2, 0.25) is 0 Å². The maximum Gasteiger partial charge on any atom is 0.358 e. The van der Waals surface area contributed by atoms with Gasteiger partial charge in [-0.3, -0.25) is 0 Å². The third kappa shape index (κ3) is 4.51. The highest BCUT2D eigenvalue weighted by Crippen LogP contribution is 2.26. The standard InChI is InChI=1S/C20H17NO5S/c1-24-16-9-7-14(8-10-16)18-21-17(12-27-18)20(23)26-11-13-3-5-15(6-4-13)19(22)25-2/h3-10,12H,11H2,1-2H3. The Morgan fingerprint density at radius 3 is 2.30 bits per heavy atom. The molecule has 3 aromatic rings. The number of ether oxygens (including phenoxy) is 3. The summed E-state index contributed by atoms with van der Waals surface area (Å²) in [7, 11) is 2.93. The number of carbonyl (C=O) groups excluding carboxylic acids is 2. The number of hydrogen-bond donors (Lipinski definition) is 0. The zero-order valence-electron chi connectivity index (χ0n) is 14.8. The second kappa shape index (κ2) is 8.46. The van der Waals surface area contributed by atoms with Gasteiger partial charge in [-0.15, -0.1) is 11.3 Å². The Morgan fingerprint density at radius 1 is 0.963 bits per heavy atom. The van der Waals surface area contributed by atoms with Gasteiger partial charge in [0.15, 0.2) is 5.69 Å². The molecule has 0 aliphatic carbocycles. The maximum absolute atomic E-state index is 12.2. The molecule has 27 heavy (non-hydrogen) atoms. The number of thiazole rings is 1. The minimum absolute atomic E-state index is 0.0929. The largest absolute Gasteiger partial charge is 0.497 e. The Bertz CT molecular complexity index is 932. The molecule has 7 heteroatoms. The molecule has 1 aromatic heterocycles. The van der Waals surface area contributed by atoms with E-state index < -0.39 is 11.9 Å². The number of benzene rings is 2. The zero-order chi connectivity index (χ0) is 19.2. The summed E-state index contributed by atoms with van der Waals surface area (Å²) in [5, 5.41) is 2.40. The van der Waals surface area contributed by atoms with Crippen molar-refractivity contribution in [3.8, 4) is 16.3 Å². The molecule has 0 atom stereocenters. The summed E-state index contributed by atoms with van der Waals surface area (Å²) in [6.07, 6.45) is 0. The summed E-state index contributed by atoms with van der Waals surface area (Å²) in [5.41, 5.74) is 2.37. The second-order valence-electron chi connectivity index (χ2n) is 5.53. The van der Waals surface area contributed by atoms with Crippen molar-refractivity contribution in [1.29, 1.82) is 0 Å². The first-order chi connectivity index (χ1) is 13.1. The van der Waals surface area contributed by atoms with Gasteiger partial charge < -0.3 is 14.2 Å². The summed E-state index contributed by atoms with van der Waals surface area (Å²) in [6.45, 7) is 0.0929. The Hall–Kier alpha value is -3.19. The Balaban J connectivity index is 1.61. The summed E-state index contributed by atoms with van der Waals surface area (Å²) in [5.74, 6) is -0.150. The van der Waals surface area contributed by atoms with Gasteiger partial charge in [-0.2, -0.15) is 0 Å². The lowest BCUT2D eigenvalue weighted by molar-refractivity contribution is 0.0465. The number of methoxy groups -OCH3 is 2. The summed E-state index contributed by atoms with van der Waals surface area (Å²) >= 11 is 1.37. The van der Waals surface area contributed by atoms with E-state index in [1.54, 1.807) is 36.8 Å². The number of hydrogen-bond acceptors (Lipinski definition) is 7. The fraction of sp³-hybridized carbons (Fsp3) is 0.150. The molecular weight excluding hydrogens is 366 g/mol. The van der Waals surface area contributed by atoms with Crippen LogP contribution in [0.15, 0.2) is 53.9 Å². The highest BCUT2D eigenvalue weighted by Gasteiger charge is 2.14. The van der Waals surface area contributed by atoms with Crippen molar-refractivity contribution < 1.29 is 23.8 Å². The van der Waals surface area contributed by atoms with Gasteiger partial charge in [-0.1, -0.05) is 12.1 Å². The summed E-state index contributed by atoms with van der Waals surface area (Å²) in [6, 6.07) is 14.1. The van der Waals surface area contributed by atoms with E-state index in [0.29, 0.717) is 5.56 Å². The van der Waals surface area contributed by atoms with Crippen LogP contribution in [0.1, 0.15) is 26.4 Å². The molecule has 0 saturated carbocycles. The molecule has 0 amide bonds. The summed E-state index contributed by atoms with van der Waals surface area (Å²) < 4.78 is 15.1. The van der Waals surface area contributed by atoms with Gasteiger partial charge in [0.25, 0.3) is 0 Å². The SMILES string of the molecule is COC(=O)c1ccc(COC(=O)c2csc(-c3ccc(OC)cc3)n2)cc1. The number of aromatic nitrogens is 1. The predicted molar refractivity (Wildman–Crippen MR) is 101 cm³/mol. The lowest BCUT2D eigenvalue weighted by Gasteiger charge is -2.04. The third-order valence-electron chi connectivity index (χ3n) is 3.80. The molecule has 2 aromatic carbocycles. The van der Waals surface area contributed by atoms with Crippen LogP contribution in [0, 0.1) is 0 Å². The van der Waals surface area contributed by atoms with Gasteiger partial charge in [0, 0.05) is 10.9 Å². The van der Waals surface area contributed by atoms with E-state index in [4.69, 9.17) is 9.47 Å². The van der Waals surface area contributed by atoms with E-state index in [1.807, 2.05) is 24.3 Å². The average molecular weight is 383 g/mol. The predicted octanol–water partition coefficient (Wildman–Crippen LogP) is 3.96. The van der Waals surface area contributed by atoms with E-state index >= 15 is 0 Å². The zero-order valence-corrected chi connectivity index (χ0v) is 15.6. The second-order valence-corrected chi connectivity index (χ2v) is 6.39. The molecule has 3 rings (SSSR count). The van der Waals surface area contributed by atoms with Crippen molar-refractivity contribution in [1.82, 2.24) is 4.98 Å². The normalized spacial score (nSPS) is 10.3. The molecule has 0 N–H and O–H groups in total. The molecule has 0 fully saturated rings. The average Bonchev–Trinajstić information content (AvgIpc) is 3.22. The molecule has 0 aliphatic rings. The van der Waals surface area contributed by atoms with E-state index in [-0.39, 0.29) is 12.3 Å². The van der Waals surface area contributed by atoms with Gasteiger partial charge in [-0.05, 0) is 42.0 Å². The first-order valence-corrected chi connectivity index (χ1v) is 8.93. The van der Waals surface area contributed by atoms with Crippen molar-refractivity contribution >= 4 is 23.3 Å². The lowest BCUT2D eigenvalue weighted by atomic mass is 10.1. The number of carbonyl (C=O) groups is 2. The summed E-state index contributed by atoms with van der Waals surface area (Å²) in [4.78, 5) is 28.0. The van der Waals surface area contributed by atoms with E-state index in [2.05, 4.69) is 9.72 Å². The first-order valence-electron chi connectivity index (χ1n) is 8.05. The van der Waals surface area contributed by atoms with Gasteiger partial charge in [0.1, 0.15) is 17.4 Å². The van der Waals surface area contributed by atoms with Crippen LogP contribution in [0.4, 0.5) is 0 Å². The third-order valence-corrected chi connectivity index (χ3v) is 4.69. The van der Waals surface area contributed by atoms with Crippen molar-refractivity contribution in [2.45, 2.75) is 6.61 Å². The van der Waals surface area contributed by atoms with Crippen LogP contribution in [0.3, 0.4) is 0 Å². The van der Waals surface area contributed by atoms with Gasteiger partial charge in [0.05, 0.1) is 19.8 Å². The van der Waals surface area contributed by atoms with Gasteiger partial charge >= 0.3 is 11.9 Å². The molecule has 138 valence electrons. The Labute approximate surface area is 160 Å². The molecule has 0 radical (unpaired) electrons. The fourth-order valence-corrected chi connectivity index (χ4v) is 3.11. The topological polar surface area (TPSA) is 74.7 Å². The number of esters is 2. The molecule has 1 heterocycles. The van der Waals surface area contributed by atoms with Crippen LogP contribution < -0.4 is 4.74 Å². The molecule has 0 saturated heterocycles. The van der Waals surface area contributed by atoms with Crippen molar-refractivity contribution in [3.63, 3.8) is 0 Å². The van der Waals surface area contributed by atoms with Crippen LogP contribution in [0.25, 0.3) is 10.6 Å². The van der Waals surface area contributed by atoms with Crippen LogP contribution in [-0.4, -0.2) is 31.1 Å². The maximum atomic E-state index is 12.2. The fourth-order valence-electron chi connectivity index (χ4n) is 2.31. The molecule has 0 bridgehead atoms. The molecule has 0 unspecified atom stereocenters. The highest BCUT2D eigenvalue weighted by atomic mass is 32.1. The monoisotopic (exact) mass is 383 g/mol. The highest BCUT2D eigenvalue weighted by molar-refractivity contribution is 7.13. The Kier molecular flexibility index (Phi) is 5.83. The minimum atomic E-state index is -0.497. The smallest absolute Gasteiger partial charge is 0.358 e. The quantitative estimate of drug-likeness (QED) is 0.600. The minimum Gasteiger partial charge on any atom is -0.497 e. The lowest BCUT2D eigenvalue weighted by Crippen LogP contribution is -2.06. The van der Waals surface area contributed by atoms with Crippen molar-refractivity contribution in [3.05, 3.63) is 70.7 Å². The van der Waals surface area contributed by atoms with E-state index in [9.17, 15) is 9.59 Å². The molecule has 0 spiro atoms. The molecule has 0 aliphatic heterocycles. The number of rotatable bonds is 6. The van der Waals surface area contributed by atoms with Crippen LogP contribution in [0.2, 0.25) is 0 Å². The van der Waals surface area contributed by atoms with Crippen molar-refractivity contribution in [2.24, 2.45) is 0 Å².